The van der Waals surface area contributed by atoms with Crippen molar-refractivity contribution in [2.24, 2.45) is 0 Å². The summed E-state index contributed by atoms with van der Waals surface area (Å²) in [6.45, 7) is 0.934. The van der Waals surface area contributed by atoms with Gasteiger partial charge in [-0.3, -0.25) is 4.52 Å². The lowest BCUT2D eigenvalue weighted by atomic mass is 10.5. The zero-order chi connectivity index (χ0) is 11.4. The molecule has 0 aliphatic carbocycles. The van der Waals surface area contributed by atoms with Crippen molar-refractivity contribution < 1.29 is 13.6 Å². The number of hydrogen-bond acceptors (Lipinski definition) is 3. The van der Waals surface area contributed by atoms with Gasteiger partial charge in [-0.05, 0) is 0 Å². The molecule has 0 spiro atoms. The number of terminal acetylenes is 3. The third-order valence-electron chi connectivity index (χ3n) is 1.14. The van der Waals surface area contributed by atoms with Crippen molar-refractivity contribution in [1.82, 2.24) is 0 Å². The smallest absolute Gasteiger partial charge is 0.311 e. The Morgan fingerprint density at radius 2 is 1.33 bits per heavy atom. The summed E-state index contributed by atoms with van der Waals surface area (Å²) in [5, 5.41) is 0. The van der Waals surface area contributed by atoms with Gasteiger partial charge in [0.1, 0.15) is 6.61 Å². The quantitative estimate of drug-likeness (QED) is 0.358. The van der Waals surface area contributed by atoms with E-state index in [4.69, 9.17) is 32.8 Å². The van der Waals surface area contributed by atoms with Gasteiger partial charge in [0.25, 0.3) is 0 Å². The van der Waals surface area contributed by atoms with Gasteiger partial charge in [-0.25, -0.2) is 0 Å². The lowest BCUT2D eigenvalue weighted by Crippen LogP contribution is -1.98. The van der Waals surface area contributed by atoms with Gasteiger partial charge in [-0.15, -0.1) is 31.1 Å². The van der Waals surface area contributed by atoms with Crippen LogP contribution in [0.5, 0.6) is 0 Å². The van der Waals surface area contributed by atoms with E-state index in [9.17, 15) is 0 Å². The normalized spacial score (nSPS) is 9.20. The molecule has 0 rings (SSSR count). The van der Waals surface area contributed by atoms with Crippen molar-refractivity contribution in [3.63, 3.8) is 0 Å². The lowest BCUT2D eigenvalue weighted by Gasteiger charge is -2.13. The van der Waals surface area contributed by atoms with Gasteiger partial charge in [-0.1, -0.05) is 5.92 Å². The van der Waals surface area contributed by atoms with Crippen LogP contribution >= 0.6 is 8.60 Å². The second-order valence-electron chi connectivity index (χ2n) is 2.28. The Balaban J connectivity index is 3.70. The summed E-state index contributed by atoms with van der Waals surface area (Å²) in [7, 11) is -1.42. The van der Waals surface area contributed by atoms with Crippen LogP contribution in [-0.4, -0.2) is 19.8 Å². The van der Waals surface area contributed by atoms with Crippen LogP contribution in [0.2, 0.25) is 0 Å². The second kappa shape index (κ2) is 11.1. The Kier molecular flexibility index (Phi) is 10.3. The van der Waals surface area contributed by atoms with Crippen LogP contribution in [0.25, 0.3) is 0 Å². The number of rotatable bonds is 8. The van der Waals surface area contributed by atoms with E-state index in [0.717, 1.165) is 0 Å². The first kappa shape index (κ1) is 14.0. The van der Waals surface area contributed by atoms with Crippen molar-refractivity contribution in [2.75, 3.05) is 19.8 Å². The molecular weight excluding hydrogens is 211 g/mol. The Hall–Kier alpha value is -1.01. The molecule has 80 valence electrons. The SMILES string of the molecule is C#CCCOP(OCC#C)OCCC#C. The van der Waals surface area contributed by atoms with Gasteiger partial charge in [0, 0.05) is 12.8 Å². The van der Waals surface area contributed by atoms with E-state index in [0.29, 0.717) is 26.1 Å². The predicted octanol–water partition coefficient (Wildman–Crippen LogP) is 1.94. The molecule has 0 radical (unpaired) electrons. The van der Waals surface area contributed by atoms with Crippen molar-refractivity contribution in [3.05, 3.63) is 0 Å². The minimum Gasteiger partial charge on any atom is -0.311 e. The largest absolute Gasteiger partial charge is 0.333 e. The monoisotopic (exact) mass is 224 g/mol. The molecule has 0 heterocycles. The van der Waals surface area contributed by atoms with Crippen LogP contribution in [0.3, 0.4) is 0 Å². The van der Waals surface area contributed by atoms with E-state index < -0.39 is 8.60 Å². The Bertz CT molecular complexity index is 249. The van der Waals surface area contributed by atoms with E-state index in [2.05, 4.69) is 17.8 Å². The van der Waals surface area contributed by atoms with Crippen LogP contribution in [0.1, 0.15) is 12.8 Å². The van der Waals surface area contributed by atoms with Crippen molar-refractivity contribution in [3.8, 4) is 37.0 Å². The van der Waals surface area contributed by atoms with Crippen molar-refractivity contribution in [1.29, 1.82) is 0 Å². The zero-order valence-electron chi connectivity index (χ0n) is 8.44. The standard InChI is InChI=1S/C11H13O3P/c1-4-7-10-13-15(12-9-6-3)14-11-8-5-2/h1-3H,7-11H2. The highest BCUT2D eigenvalue weighted by Gasteiger charge is 2.10. The Morgan fingerprint density at radius 1 is 0.800 bits per heavy atom. The summed E-state index contributed by atoms with van der Waals surface area (Å²) in [5.41, 5.74) is 0. The number of hydrogen-bond donors (Lipinski definition) is 0. The first-order chi connectivity index (χ1) is 7.35. The molecule has 0 bridgehead atoms. The third-order valence-corrected chi connectivity index (χ3v) is 2.27. The highest BCUT2D eigenvalue weighted by Crippen LogP contribution is 2.39. The van der Waals surface area contributed by atoms with Crippen LogP contribution < -0.4 is 0 Å². The molecule has 0 N–H and O–H groups in total. The van der Waals surface area contributed by atoms with Crippen LogP contribution in [-0.2, 0) is 13.6 Å². The minimum atomic E-state index is -1.42. The average molecular weight is 224 g/mol. The molecule has 3 nitrogen and oxygen atoms in total. The molecule has 0 aliphatic rings. The molecule has 4 heteroatoms. The molecule has 0 saturated carbocycles. The zero-order valence-corrected chi connectivity index (χ0v) is 9.33. The van der Waals surface area contributed by atoms with Crippen molar-refractivity contribution >= 4 is 8.60 Å². The molecule has 0 atom stereocenters. The maximum Gasteiger partial charge on any atom is 0.333 e. The fourth-order valence-corrected chi connectivity index (χ4v) is 1.44. The summed E-state index contributed by atoms with van der Waals surface area (Å²) in [4.78, 5) is 0. The van der Waals surface area contributed by atoms with Crippen LogP contribution in [0, 0.1) is 37.0 Å². The molecule has 0 aromatic carbocycles. The van der Waals surface area contributed by atoms with Crippen LogP contribution in [0.15, 0.2) is 0 Å². The summed E-state index contributed by atoms with van der Waals surface area (Å²) in [6, 6.07) is 0. The summed E-state index contributed by atoms with van der Waals surface area (Å²) >= 11 is 0. The fraction of sp³-hybridized carbons (Fsp3) is 0.455. The third kappa shape index (κ3) is 9.30. The highest BCUT2D eigenvalue weighted by atomic mass is 31.2. The van der Waals surface area contributed by atoms with E-state index in [-0.39, 0.29) is 6.61 Å². The maximum absolute atomic E-state index is 5.24. The molecule has 0 saturated heterocycles. The Morgan fingerprint density at radius 3 is 1.73 bits per heavy atom. The first-order valence-corrected chi connectivity index (χ1v) is 5.44. The molecule has 0 unspecified atom stereocenters. The summed E-state index contributed by atoms with van der Waals surface area (Å²) in [6.07, 6.45) is 16.2. The van der Waals surface area contributed by atoms with Crippen molar-refractivity contribution in [2.45, 2.75) is 12.8 Å². The van der Waals surface area contributed by atoms with Gasteiger partial charge in [0.05, 0.1) is 13.2 Å². The maximum atomic E-state index is 5.24. The molecule has 0 aromatic heterocycles. The average Bonchev–Trinajstić information content (AvgIpc) is 2.25. The molecule has 0 aliphatic heterocycles. The molecule has 0 aromatic rings. The van der Waals surface area contributed by atoms with E-state index >= 15 is 0 Å². The molecule has 15 heavy (non-hydrogen) atoms. The van der Waals surface area contributed by atoms with Gasteiger partial charge in [-0.2, -0.15) is 0 Å². The Labute approximate surface area is 92.5 Å². The van der Waals surface area contributed by atoms with Gasteiger partial charge in [0.2, 0.25) is 0 Å². The highest BCUT2D eigenvalue weighted by molar-refractivity contribution is 7.41. The topological polar surface area (TPSA) is 27.7 Å². The van der Waals surface area contributed by atoms with Gasteiger partial charge >= 0.3 is 8.60 Å². The molecular formula is C11H13O3P. The summed E-state index contributed by atoms with van der Waals surface area (Å²) in [5.74, 6) is 7.23. The minimum absolute atomic E-state index is 0.151. The molecule has 0 amide bonds. The van der Waals surface area contributed by atoms with E-state index in [1.807, 2.05) is 0 Å². The lowest BCUT2D eigenvalue weighted by molar-refractivity contribution is 0.177. The summed E-state index contributed by atoms with van der Waals surface area (Å²) < 4.78 is 15.6. The van der Waals surface area contributed by atoms with Crippen LogP contribution in [0.4, 0.5) is 0 Å². The fourth-order valence-electron chi connectivity index (χ4n) is 0.560. The predicted molar refractivity (Wildman–Crippen MR) is 60.5 cm³/mol. The van der Waals surface area contributed by atoms with E-state index in [1.165, 1.54) is 0 Å². The van der Waals surface area contributed by atoms with Gasteiger partial charge in [0.15, 0.2) is 0 Å². The van der Waals surface area contributed by atoms with Gasteiger partial charge < -0.3 is 9.05 Å². The molecule has 0 fully saturated rings. The first-order valence-electron chi connectivity index (χ1n) is 4.34. The second-order valence-corrected chi connectivity index (χ2v) is 3.50. The van der Waals surface area contributed by atoms with E-state index in [1.54, 1.807) is 0 Å².